The maximum Gasteiger partial charge on any atom is 0.00682 e. The van der Waals surface area contributed by atoms with E-state index in [1.54, 1.807) is 0 Å². The van der Waals surface area contributed by atoms with E-state index >= 15 is 0 Å². The molecule has 0 aliphatic heterocycles. The van der Waals surface area contributed by atoms with Crippen molar-refractivity contribution in [3.8, 4) is 0 Å². The summed E-state index contributed by atoms with van der Waals surface area (Å²) in [6, 6.07) is 0.883. The first-order valence-corrected chi connectivity index (χ1v) is 7.27. The molecule has 0 saturated heterocycles. The third-order valence-electron chi connectivity index (χ3n) is 3.36. The highest BCUT2D eigenvalue weighted by molar-refractivity contribution is 4.80. The van der Waals surface area contributed by atoms with Crippen LogP contribution in [0.5, 0.6) is 0 Å². The maximum absolute atomic E-state index is 3.58. The Hall–Kier alpha value is -0.0800. The van der Waals surface area contributed by atoms with Crippen molar-refractivity contribution in [2.75, 3.05) is 19.6 Å². The number of hydrogen-bond donors (Lipinski definition) is 2. The largest absolute Gasteiger partial charge is 0.317 e. The third kappa shape index (κ3) is 8.12. The van der Waals surface area contributed by atoms with Crippen LogP contribution in [-0.4, -0.2) is 25.7 Å². The molecule has 1 atom stereocenters. The zero-order chi connectivity index (χ0) is 11.6. The van der Waals surface area contributed by atoms with Crippen molar-refractivity contribution in [3.63, 3.8) is 0 Å². The molecule has 1 aliphatic carbocycles. The van der Waals surface area contributed by atoms with Crippen LogP contribution in [0, 0.1) is 5.92 Å². The summed E-state index contributed by atoms with van der Waals surface area (Å²) in [5, 5.41) is 7.05. The molecule has 1 rings (SSSR count). The molecule has 0 bridgehead atoms. The summed E-state index contributed by atoms with van der Waals surface area (Å²) in [6.07, 6.45) is 9.57. The van der Waals surface area contributed by atoms with Gasteiger partial charge in [-0.25, -0.2) is 0 Å². The predicted octanol–water partition coefficient (Wildman–Crippen LogP) is 2.93. The van der Waals surface area contributed by atoms with Gasteiger partial charge in [0.05, 0.1) is 0 Å². The summed E-state index contributed by atoms with van der Waals surface area (Å²) < 4.78 is 0. The Morgan fingerprint density at radius 2 is 1.75 bits per heavy atom. The van der Waals surface area contributed by atoms with Crippen molar-refractivity contribution in [1.82, 2.24) is 10.6 Å². The smallest absolute Gasteiger partial charge is 0.00682 e. The standard InChI is InChI=1S/C14H30N2/c1-3-10-15-11-4-6-13(2)7-5-12-16-14-8-9-14/h13-16H,3-12H2,1-2H3. The Morgan fingerprint density at radius 1 is 1.06 bits per heavy atom. The highest BCUT2D eigenvalue weighted by Crippen LogP contribution is 2.19. The molecular weight excluding hydrogens is 196 g/mol. The van der Waals surface area contributed by atoms with Crippen LogP contribution >= 0.6 is 0 Å². The molecule has 0 heterocycles. The lowest BCUT2D eigenvalue weighted by Crippen LogP contribution is -2.18. The number of nitrogens with one attached hydrogen (secondary N) is 2. The van der Waals surface area contributed by atoms with Gasteiger partial charge >= 0.3 is 0 Å². The van der Waals surface area contributed by atoms with E-state index in [2.05, 4.69) is 24.5 Å². The first kappa shape index (κ1) is 14.0. The average Bonchev–Trinajstić information content (AvgIpc) is 3.08. The van der Waals surface area contributed by atoms with E-state index < -0.39 is 0 Å². The molecule has 2 nitrogen and oxygen atoms in total. The van der Waals surface area contributed by atoms with Gasteiger partial charge < -0.3 is 10.6 Å². The molecule has 2 heteroatoms. The quantitative estimate of drug-likeness (QED) is 0.529. The van der Waals surface area contributed by atoms with Gasteiger partial charge in [0.1, 0.15) is 0 Å². The molecule has 0 radical (unpaired) electrons. The molecule has 1 fully saturated rings. The van der Waals surface area contributed by atoms with Gasteiger partial charge in [0, 0.05) is 6.04 Å². The summed E-state index contributed by atoms with van der Waals surface area (Å²) in [5.74, 6) is 0.907. The van der Waals surface area contributed by atoms with Gasteiger partial charge in [-0.05, 0) is 70.5 Å². The van der Waals surface area contributed by atoms with Gasteiger partial charge in [-0.1, -0.05) is 13.8 Å². The number of rotatable bonds is 11. The molecule has 16 heavy (non-hydrogen) atoms. The van der Waals surface area contributed by atoms with Gasteiger partial charge in [-0.15, -0.1) is 0 Å². The van der Waals surface area contributed by atoms with Crippen molar-refractivity contribution in [2.45, 2.75) is 64.8 Å². The fourth-order valence-electron chi connectivity index (χ4n) is 2.07. The Bertz CT molecular complexity index is 155. The lowest BCUT2D eigenvalue weighted by atomic mass is 10.00. The van der Waals surface area contributed by atoms with Crippen LogP contribution in [0.25, 0.3) is 0 Å². The molecule has 0 amide bonds. The van der Waals surface area contributed by atoms with Crippen molar-refractivity contribution in [1.29, 1.82) is 0 Å². The fourth-order valence-corrected chi connectivity index (χ4v) is 2.07. The molecule has 0 aromatic rings. The van der Waals surface area contributed by atoms with Crippen LogP contribution in [0.2, 0.25) is 0 Å². The Kier molecular flexibility index (Phi) is 7.87. The lowest BCUT2D eigenvalue weighted by molar-refractivity contribution is 0.442. The van der Waals surface area contributed by atoms with Crippen molar-refractivity contribution < 1.29 is 0 Å². The van der Waals surface area contributed by atoms with Gasteiger partial charge in [0.15, 0.2) is 0 Å². The Labute approximate surface area is 102 Å². The zero-order valence-electron chi connectivity index (χ0n) is 11.2. The minimum Gasteiger partial charge on any atom is -0.317 e. The number of hydrogen-bond acceptors (Lipinski definition) is 2. The molecular formula is C14H30N2. The summed E-state index contributed by atoms with van der Waals surface area (Å²) >= 11 is 0. The SMILES string of the molecule is CCCNCCCC(C)CCCNC1CC1. The Morgan fingerprint density at radius 3 is 2.38 bits per heavy atom. The summed E-state index contributed by atoms with van der Waals surface area (Å²) in [5.41, 5.74) is 0. The van der Waals surface area contributed by atoms with E-state index in [1.165, 1.54) is 64.6 Å². The van der Waals surface area contributed by atoms with E-state index in [1.807, 2.05) is 0 Å². The second kappa shape index (κ2) is 9.00. The normalized spacial score (nSPS) is 17.6. The fraction of sp³-hybridized carbons (Fsp3) is 1.00. The first-order chi connectivity index (χ1) is 7.83. The third-order valence-corrected chi connectivity index (χ3v) is 3.36. The lowest BCUT2D eigenvalue weighted by Gasteiger charge is -2.11. The van der Waals surface area contributed by atoms with Crippen molar-refractivity contribution >= 4 is 0 Å². The van der Waals surface area contributed by atoms with E-state index in [0.717, 1.165) is 12.0 Å². The van der Waals surface area contributed by atoms with E-state index in [0.29, 0.717) is 0 Å². The molecule has 1 saturated carbocycles. The van der Waals surface area contributed by atoms with E-state index in [-0.39, 0.29) is 0 Å². The molecule has 1 aliphatic rings. The minimum atomic E-state index is 0.883. The molecule has 96 valence electrons. The minimum absolute atomic E-state index is 0.883. The van der Waals surface area contributed by atoms with E-state index in [4.69, 9.17) is 0 Å². The molecule has 0 aromatic heterocycles. The average molecular weight is 226 g/mol. The van der Waals surface area contributed by atoms with Gasteiger partial charge in [-0.3, -0.25) is 0 Å². The van der Waals surface area contributed by atoms with E-state index in [9.17, 15) is 0 Å². The second-order valence-electron chi connectivity index (χ2n) is 5.37. The Balaban J connectivity index is 1.76. The van der Waals surface area contributed by atoms with Crippen LogP contribution in [0.4, 0.5) is 0 Å². The highest BCUT2D eigenvalue weighted by atomic mass is 14.9. The summed E-state index contributed by atoms with van der Waals surface area (Å²) in [7, 11) is 0. The molecule has 1 unspecified atom stereocenters. The second-order valence-corrected chi connectivity index (χ2v) is 5.37. The first-order valence-electron chi connectivity index (χ1n) is 7.27. The topological polar surface area (TPSA) is 24.1 Å². The molecule has 0 spiro atoms. The molecule has 2 N–H and O–H groups in total. The van der Waals surface area contributed by atoms with Crippen LogP contribution in [-0.2, 0) is 0 Å². The van der Waals surface area contributed by atoms with Crippen LogP contribution in [0.15, 0.2) is 0 Å². The highest BCUT2D eigenvalue weighted by Gasteiger charge is 2.19. The monoisotopic (exact) mass is 226 g/mol. The van der Waals surface area contributed by atoms with Gasteiger partial charge in [0.25, 0.3) is 0 Å². The van der Waals surface area contributed by atoms with Crippen molar-refractivity contribution in [3.05, 3.63) is 0 Å². The van der Waals surface area contributed by atoms with Gasteiger partial charge in [0.2, 0.25) is 0 Å². The van der Waals surface area contributed by atoms with Crippen LogP contribution in [0.3, 0.4) is 0 Å². The predicted molar refractivity (Wildman–Crippen MR) is 71.8 cm³/mol. The molecule has 0 aromatic carbocycles. The summed E-state index contributed by atoms with van der Waals surface area (Å²) in [6.45, 7) is 8.25. The van der Waals surface area contributed by atoms with Crippen LogP contribution in [0.1, 0.15) is 58.8 Å². The zero-order valence-corrected chi connectivity index (χ0v) is 11.2. The van der Waals surface area contributed by atoms with Crippen molar-refractivity contribution in [2.24, 2.45) is 5.92 Å². The summed E-state index contributed by atoms with van der Waals surface area (Å²) in [4.78, 5) is 0. The maximum atomic E-state index is 3.58. The van der Waals surface area contributed by atoms with Gasteiger partial charge in [-0.2, -0.15) is 0 Å². The van der Waals surface area contributed by atoms with Crippen LogP contribution < -0.4 is 10.6 Å².